The Bertz CT molecular complexity index is 56.3. The van der Waals surface area contributed by atoms with Gasteiger partial charge in [0.25, 0.3) is 0 Å². The summed E-state index contributed by atoms with van der Waals surface area (Å²) in [5.74, 6) is 0. The van der Waals surface area contributed by atoms with Gasteiger partial charge in [-0.1, -0.05) is 6.92 Å². The molecule has 0 saturated heterocycles. The van der Waals surface area contributed by atoms with Crippen LogP contribution in [0.2, 0.25) is 0 Å². The Kier molecular flexibility index (Phi) is 5.93. The molecule has 0 atom stereocenters. The van der Waals surface area contributed by atoms with E-state index >= 15 is 0 Å². The lowest BCUT2D eigenvalue weighted by atomic mass is 10.5. The molecular weight excluding hydrogens is 114 g/mol. The summed E-state index contributed by atoms with van der Waals surface area (Å²) in [7, 11) is 3.91. The van der Waals surface area contributed by atoms with Crippen molar-refractivity contribution in [2.24, 2.45) is 0 Å². The molecule has 0 aromatic carbocycles. The first-order chi connectivity index (χ1) is 4.31. The van der Waals surface area contributed by atoms with Crippen molar-refractivity contribution in [3.8, 4) is 0 Å². The number of hydrogen-bond acceptors (Lipinski definition) is 3. The van der Waals surface area contributed by atoms with Crippen LogP contribution in [0.1, 0.15) is 13.3 Å². The van der Waals surface area contributed by atoms with Crippen molar-refractivity contribution < 1.29 is 0 Å². The second kappa shape index (κ2) is 6.01. The van der Waals surface area contributed by atoms with Crippen LogP contribution in [0.3, 0.4) is 0 Å². The molecule has 3 heteroatoms. The molecule has 0 amide bonds. The molecule has 0 aromatic rings. The van der Waals surface area contributed by atoms with Gasteiger partial charge in [0, 0.05) is 7.05 Å². The number of hydrogen-bond donors (Lipinski definition) is 2. The first-order valence-electron chi connectivity index (χ1n) is 3.40. The van der Waals surface area contributed by atoms with E-state index in [9.17, 15) is 0 Å². The van der Waals surface area contributed by atoms with Gasteiger partial charge in [0.2, 0.25) is 0 Å². The summed E-state index contributed by atoms with van der Waals surface area (Å²) in [5.41, 5.74) is 2.99. The lowest BCUT2D eigenvalue weighted by Crippen LogP contribution is -2.39. The summed E-state index contributed by atoms with van der Waals surface area (Å²) < 4.78 is 0. The average Bonchev–Trinajstić information content (AvgIpc) is 1.89. The lowest BCUT2D eigenvalue weighted by molar-refractivity contribution is 0.240. The smallest absolute Gasteiger partial charge is 0.0617 e. The van der Waals surface area contributed by atoms with Crippen LogP contribution in [0.15, 0.2) is 0 Å². The Morgan fingerprint density at radius 1 is 1.44 bits per heavy atom. The van der Waals surface area contributed by atoms with Gasteiger partial charge in [0.15, 0.2) is 0 Å². The predicted molar refractivity (Wildman–Crippen MR) is 40.0 cm³/mol. The fourth-order valence-corrected chi connectivity index (χ4v) is 0.503. The van der Waals surface area contributed by atoms with E-state index in [-0.39, 0.29) is 0 Å². The molecule has 3 nitrogen and oxygen atoms in total. The van der Waals surface area contributed by atoms with Crippen LogP contribution in [0.5, 0.6) is 0 Å². The molecule has 0 radical (unpaired) electrons. The van der Waals surface area contributed by atoms with Gasteiger partial charge < -0.3 is 5.32 Å². The molecule has 2 N–H and O–H groups in total. The third-order valence-corrected chi connectivity index (χ3v) is 1.16. The highest BCUT2D eigenvalue weighted by Crippen LogP contribution is 1.70. The summed E-state index contributed by atoms with van der Waals surface area (Å²) in [6, 6.07) is 0. The van der Waals surface area contributed by atoms with E-state index < -0.39 is 0 Å². The van der Waals surface area contributed by atoms with E-state index in [0.717, 1.165) is 13.2 Å². The molecule has 0 saturated carbocycles. The molecule has 0 aliphatic carbocycles. The van der Waals surface area contributed by atoms with Crippen molar-refractivity contribution in [3.63, 3.8) is 0 Å². The third-order valence-electron chi connectivity index (χ3n) is 1.16. The first kappa shape index (κ1) is 8.88. The highest BCUT2D eigenvalue weighted by molar-refractivity contribution is 4.40. The molecule has 0 bridgehead atoms. The van der Waals surface area contributed by atoms with Crippen molar-refractivity contribution >= 4 is 0 Å². The predicted octanol–water partition coefficient (Wildman–Crippen LogP) is 0.00970. The van der Waals surface area contributed by atoms with Gasteiger partial charge in [-0.25, -0.2) is 5.01 Å². The van der Waals surface area contributed by atoms with Crippen molar-refractivity contribution in [3.05, 3.63) is 0 Å². The second-order valence-electron chi connectivity index (χ2n) is 2.08. The molecule has 0 aliphatic heterocycles. The maximum absolute atomic E-state index is 3.25. The summed E-state index contributed by atoms with van der Waals surface area (Å²) in [6.45, 7) is 4.16. The van der Waals surface area contributed by atoms with Crippen LogP contribution in [-0.2, 0) is 0 Å². The monoisotopic (exact) mass is 131 g/mol. The minimum Gasteiger partial charge on any atom is -0.303 e. The van der Waals surface area contributed by atoms with Crippen LogP contribution >= 0.6 is 0 Å². The van der Waals surface area contributed by atoms with Gasteiger partial charge in [-0.2, -0.15) is 0 Å². The van der Waals surface area contributed by atoms with E-state index in [2.05, 4.69) is 17.7 Å². The van der Waals surface area contributed by atoms with E-state index in [1.54, 1.807) is 0 Å². The van der Waals surface area contributed by atoms with Crippen molar-refractivity contribution in [1.82, 2.24) is 15.8 Å². The Balaban J connectivity index is 2.88. The first-order valence-corrected chi connectivity index (χ1v) is 3.40. The van der Waals surface area contributed by atoms with Gasteiger partial charge in [-0.3, -0.25) is 5.43 Å². The third kappa shape index (κ3) is 5.76. The molecule has 0 heterocycles. The molecule has 9 heavy (non-hydrogen) atoms. The standard InChI is InChI=1S/C6H17N3/c1-4-5-8-6-9(3)7-2/h7-8H,4-6H2,1-3H3. The van der Waals surface area contributed by atoms with Crippen molar-refractivity contribution in [1.29, 1.82) is 0 Å². The number of nitrogens with zero attached hydrogens (tertiary/aromatic N) is 1. The van der Waals surface area contributed by atoms with E-state index in [4.69, 9.17) is 0 Å². The summed E-state index contributed by atoms with van der Waals surface area (Å²) in [6.07, 6.45) is 1.19. The van der Waals surface area contributed by atoms with E-state index in [0.29, 0.717) is 0 Å². The zero-order valence-corrected chi connectivity index (χ0v) is 6.57. The maximum Gasteiger partial charge on any atom is 0.0617 e. The quantitative estimate of drug-likeness (QED) is 0.313. The van der Waals surface area contributed by atoms with Gasteiger partial charge in [0.05, 0.1) is 6.67 Å². The zero-order valence-electron chi connectivity index (χ0n) is 6.57. The van der Waals surface area contributed by atoms with Crippen molar-refractivity contribution in [2.75, 3.05) is 27.3 Å². The number of hydrazine groups is 1. The fraction of sp³-hybridized carbons (Fsp3) is 1.00. The van der Waals surface area contributed by atoms with Gasteiger partial charge >= 0.3 is 0 Å². The largest absolute Gasteiger partial charge is 0.303 e. The van der Waals surface area contributed by atoms with E-state index in [1.807, 2.05) is 19.1 Å². The summed E-state index contributed by atoms with van der Waals surface area (Å²) in [5, 5.41) is 5.24. The molecule has 0 spiro atoms. The molecule has 0 unspecified atom stereocenters. The van der Waals surface area contributed by atoms with Crippen LogP contribution < -0.4 is 10.7 Å². The lowest BCUT2D eigenvalue weighted by Gasteiger charge is -2.14. The molecule has 0 fully saturated rings. The normalized spacial score (nSPS) is 10.7. The minimum absolute atomic E-state index is 0.907. The molecule has 0 rings (SSSR count). The second-order valence-corrected chi connectivity index (χ2v) is 2.08. The average molecular weight is 131 g/mol. The van der Waals surface area contributed by atoms with Gasteiger partial charge in [-0.05, 0) is 20.0 Å². The zero-order chi connectivity index (χ0) is 7.11. The van der Waals surface area contributed by atoms with Gasteiger partial charge in [0.1, 0.15) is 0 Å². The molecular formula is C6H17N3. The van der Waals surface area contributed by atoms with Crippen LogP contribution in [0.25, 0.3) is 0 Å². The number of rotatable bonds is 5. The van der Waals surface area contributed by atoms with Crippen LogP contribution in [-0.4, -0.2) is 32.3 Å². The van der Waals surface area contributed by atoms with Crippen molar-refractivity contribution in [2.45, 2.75) is 13.3 Å². The molecule has 0 aromatic heterocycles. The topological polar surface area (TPSA) is 27.3 Å². The number of nitrogens with one attached hydrogen (secondary N) is 2. The Morgan fingerprint density at radius 2 is 2.11 bits per heavy atom. The van der Waals surface area contributed by atoms with Gasteiger partial charge in [-0.15, -0.1) is 0 Å². The molecule has 56 valence electrons. The Morgan fingerprint density at radius 3 is 2.56 bits per heavy atom. The SMILES string of the molecule is CCCNCN(C)NC. The molecule has 0 aliphatic rings. The van der Waals surface area contributed by atoms with Crippen LogP contribution in [0.4, 0.5) is 0 Å². The fourth-order valence-electron chi connectivity index (χ4n) is 0.503. The van der Waals surface area contributed by atoms with E-state index in [1.165, 1.54) is 6.42 Å². The summed E-state index contributed by atoms with van der Waals surface area (Å²) >= 11 is 0. The Labute approximate surface area is 57.4 Å². The highest BCUT2D eigenvalue weighted by Gasteiger charge is 1.88. The summed E-state index contributed by atoms with van der Waals surface area (Å²) in [4.78, 5) is 0. The Hall–Kier alpha value is -0.120. The maximum atomic E-state index is 3.25. The van der Waals surface area contributed by atoms with Crippen LogP contribution in [0, 0.1) is 0 Å². The minimum atomic E-state index is 0.907. The highest BCUT2D eigenvalue weighted by atomic mass is 15.5.